The maximum Gasteiger partial charge on any atom is 0.260 e. The molecular formula is C12H20N6O2S. The number of hydrogen-bond donors (Lipinski definition) is 4. The summed E-state index contributed by atoms with van der Waals surface area (Å²) < 4.78 is 27.2. The van der Waals surface area contributed by atoms with Gasteiger partial charge >= 0.3 is 0 Å². The van der Waals surface area contributed by atoms with Gasteiger partial charge in [-0.2, -0.15) is 5.10 Å². The molecule has 0 aliphatic carbocycles. The molecule has 9 heteroatoms. The van der Waals surface area contributed by atoms with Crippen molar-refractivity contribution in [2.75, 3.05) is 13.1 Å². The Morgan fingerprint density at radius 2 is 2.19 bits per heavy atom. The third-order valence-corrected chi connectivity index (χ3v) is 4.51. The molecule has 0 aliphatic rings. The van der Waals surface area contributed by atoms with Crippen LogP contribution in [0.1, 0.15) is 23.9 Å². The Bertz CT molecular complexity index is 662. The van der Waals surface area contributed by atoms with Crippen molar-refractivity contribution in [1.82, 2.24) is 30.2 Å². The molecule has 2 aromatic rings. The van der Waals surface area contributed by atoms with E-state index in [1.165, 1.54) is 0 Å². The minimum atomic E-state index is -3.62. The van der Waals surface area contributed by atoms with E-state index in [-0.39, 0.29) is 11.6 Å². The number of hydrogen-bond acceptors (Lipinski definition) is 5. The summed E-state index contributed by atoms with van der Waals surface area (Å²) in [5, 5.41) is 9.83. The van der Waals surface area contributed by atoms with Crippen LogP contribution in [-0.4, -0.2) is 41.7 Å². The third-order valence-electron chi connectivity index (χ3n) is 3.08. The minimum Gasteiger partial charge on any atom is -0.348 e. The van der Waals surface area contributed by atoms with Gasteiger partial charge in [0.1, 0.15) is 0 Å². The van der Waals surface area contributed by atoms with E-state index in [1.807, 2.05) is 13.8 Å². The predicted molar refractivity (Wildman–Crippen MR) is 78.2 cm³/mol. The lowest BCUT2D eigenvalue weighted by molar-refractivity contribution is 0.574. The second kappa shape index (κ2) is 6.83. The van der Waals surface area contributed by atoms with Crippen molar-refractivity contribution in [3.63, 3.8) is 0 Å². The average molecular weight is 312 g/mol. The summed E-state index contributed by atoms with van der Waals surface area (Å²) in [5.41, 5.74) is 2.31. The van der Waals surface area contributed by atoms with E-state index in [1.54, 1.807) is 12.5 Å². The van der Waals surface area contributed by atoms with Gasteiger partial charge in [0.05, 0.1) is 6.33 Å². The molecule has 2 heterocycles. The second-order valence-electron chi connectivity index (χ2n) is 4.64. The molecule has 0 aliphatic heterocycles. The van der Waals surface area contributed by atoms with Crippen LogP contribution in [0.4, 0.5) is 0 Å². The normalized spacial score (nSPS) is 11.9. The number of imidazole rings is 1. The quantitative estimate of drug-likeness (QED) is 0.550. The molecule has 0 unspecified atom stereocenters. The van der Waals surface area contributed by atoms with Gasteiger partial charge in [-0.25, -0.2) is 18.1 Å². The topological polar surface area (TPSA) is 116 Å². The Kier molecular flexibility index (Phi) is 5.10. The number of nitrogens with zero attached hydrogens (tertiary/aromatic N) is 2. The van der Waals surface area contributed by atoms with Crippen LogP contribution in [0, 0.1) is 6.92 Å². The Morgan fingerprint density at radius 1 is 1.38 bits per heavy atom. The molecule has 0 fully saturated rings. The number of sulfonamides is 1. The van der Waals surface area contributed by atoms with Crippen LogP contribution in [0.15, 0.2) is 17.6 Å². The van der Waals surface area contributed by atoms with Crippen LogP contribution in [0.5, 0.6) is 0 Å². The van der Waals surface area contributed by atoms with Crippen LogP contribution in [0.3, 0.4) is 0 Å². The zero-order valence-electron chi connectivity index (χ0n) is 12.1. The molecule has 0 aromatic carbocycles. The summed E-state index contributed by atoms with van der Waals surface area (Å²) in [5.74, 6) is 0. The molecular weight excluding hydrogens is 292 g/mol. The van der Waals surface area contributed by atoms with Crippen molar-refractivity contribution >= 4 is 10.0 Å². The molecule has 4 N–H and O–H groups in total. The van der Waals surface area contributed by atoms with Crippen molar-refractivity contribution in [2.45, 2.75) is 31.8 Å². The van der Waals surface area contributed by atoms with Gasteiger partial charge in [-0.3, -0.25) is 5.10 Å². The number of rotatable bonds is 8. The van der Waals surface area contributed by atoms with Gasteiger partial charge in [0.15, 0.2) is 5.03 Å². The lowest BCUT2D eigenvalue weighted by Crippen LogP contribution is -2.28. The zero-order valence-corrected chi connectivity index (χ0v) is 12.9. The Morgan fingerprint density at radius 3 is 2.86 bits per heavy atom. The zero-order chi connectivity index (χ0) is 15.3. The minimum absolute atomic E-state index is 0.0607. The molecule has 0 atom stereocenters. The van der Waals surface area contributed by atoms with E-state index in [0.717, 1.165) is 17.9 Å². The number of H-pyrrole nitrogens is 2. The van der Waals surface area contributed by atoms with E-state index in [4.69, 9.17) is 0 Å². The molecule has 8 nitrogen and oxygen atoms in total. The van der Waals surface area contributed by atoms with Gasteiger partial charge in [0, 0.05) is 42.7 Å². The number of nitrogens with one attached hydrogen (secondary N) is 4. The molecule has 0 bridgehead atoms. The highest BCUT2D eigenvalue weighted by atomic mass is 32.2. The molecule has 0 amide bonds. The largest absolute Gasteiger partial charge is 0.348 e. The molecule has 0 spiro atoms. The highest BCUT2D eigenvalue weighted by Crippen LogP contribution is 2.15. The molecule has 0 radical (unpaired) electrons. The average Bonchev–Trinajstić information content (AvgIpc) is 3.06. The van der Waals surface area contributed by atoms with Gasteiger partial charge in [-0.1, -0.05) is 6.92 Å². The molecule has 0 saturated carbocycles. The fourth-order valence-corrected chi connectivity index (χ4v) is 3.14. The number of aromatic nitrogens is 4. The maximum atomic E-state index is 12.3. The van der Waals surface area contributed by atoms with Crippen LogP contribution < -0.4 is 10.0 Å². The summed E-state index contributed by atoms with van der Waals surface area (Å²) in [6.07, 6.45) is 3.78. The van der Waals surface area contributed by atoms with Gasteiger partial charge in [0.25, 0.3) is 10.0 Å². The van der Waals surface area contributed by atoms with Crippen LogP contribution >= 0.6 is 0 Å². The smallest absolute Gasteiger partial charge is 0.260 e. The van der Waals surface area contributed by atoms with Gasteiger partial charge in [0.2, 0.25) is 0 Å². The first-order valence-electron chi connectivity index (χ1n) is 6.76. The summed E-state index contributed by atoms with van der Waals surface area (Å²) >= 11 is 0. The second-order valence-corrected chi connectivity index (χ2v) is 6.32. The summed E-state index contributed by atoms with van der Waals surface area (Å²) in [6.45, 7) is 5.29. The van der Waals surface area contributed by atoms with E-state index in [2.05, 4.69) is 30.2 Å². The van der Waals surface area contributed by atoms with Crippen molar-refractivity contribution in [3.05, 3.63) is 29.5 Å². The molecule has 0 saturated heterocycles. The molecule has 116 valence electrons. The standard InChI is InChI=1S/C12H20N6O2S/c1-3-13-7-11-9(2)17-18-12(11)21(19,20)16-5-4-10-6-14-8-15-10/h6,8,13,16H,3-5,7H2,1-2H3,(H,14,15)(H,17,18). The SMILES string of the molecule is CCNCc1c(S(=O)(=O)NCCc2cnc[nH]2)n[nH]c1C. The Balaban J connectivity index is 2.05. The molecule has 2 aromatic heterocycles. The Labute approximate surface area is 123 Å². The maximum absolute atomic E-state index is 12.3. The summed E-state index contributed by atoms with van der Waals surface area (Å²) in [7, 11) is -3.62. The van der Waals surface area contributed by atoms with E-state index in [0.29, 0.717) is 18.5 Å². The molecule has 2 rings (SSSR count). The van der Waals surface area contributed by atoms with Crippen LogP contribution in [-0.2, 0) is 23.0 Å². The van der Waals surface area contributed by atoms with Crippen molar-refractivity contribution in [3.8, 4) is 0 Å². The van der Waals surface area contributed by atoms with Crippen LogP contribution in [0.2, 0.25) is 0 Å². The number of aryl methyl sites for hydroxylation is 1. The lowest BCUT2D eigenvalue weighted by Gasteiger charge is -2.07. The monoisotopic (exact) mass is 312 g/mol. The van der Waals surface area contributed by atoms with E-state index >= 15 is 0 Å². The summed E-state index contributed by atoms with van der Waals surface area (Å²) in [4.78, 5) is 6.82. The first-order chi connectivity index (χ1) is 10.0. The van der Waals surface area contributed by atoms with Gasteiger partial charge in [-0.05, 0) is 13.5 Å². The van der Waals surface area contributed by atoms with Crippen molar-refractivity contribution < 1.29 is 8.42 Å². The molecule has 21 heavy (non-hydrogen) atoms. The van der Waals surface area contributed by atoms with Crippen molar-refractivity contribution in [2.24, 2.45) is 0 Å². The fraction of sp³-hybridized carbons (Fsp3) is 0.500. The third kappa shape index (κ3) is 3.90. The number of aromatic amines is 2. The Hall–Kier alpha value is -1.71. The van der Waals surface area contributed by atoms with Crippen molar-refractivity contribution in [1.29, 1.82) is 0 Å². The highest BCUT2D eigenvalue weighted by molar-refractivity contribution is 7.89. The fourth-order valence-electron chi connectivity index (χ4n) is 1.92. The van der Waals surface area contributed by atoms with E-state index in [9.17, 15) is 8.42 Å². The van der Waals surface area contributed by atoms with Crippen LogP contribution in [0.25, 0.3) is 0 Å². The van der Waals surface area contributed by atoms with E-state index < -0.39 is 10.0 Å². The predicted octanol–water partition coefficient (Wildman–Crippen LogP) is 0.0717. The summed E-state index contributed by atoms with van der Waals surface area (Å²) in [6, 6.07) is 0. The first-order valence-corrected chi connectivity index (χ1v) is 8.24. The van der Waals surface area contributed by atoms with Gasteiger partial charge < -0.3 is 10.3 Å². The first kappa shape index (κ1) is 15.7. The van der Waals surface area contributed by atoms with Gasteiger partial charge in [-0.15, -0.1) is 0 Å². The highest BCUT2D eigenvalue weighted by Gasteiger charge is 2.23. The lowest BCUT2D eigenvalue weighted by atomic mass is 10.2.